The molecule has 0 bridgehead atoms. The average Bonchev–Trinajstić information content (AvgIpc) is 3.79. The molecule has 4 N–H and O–H groups in total. The van der Waals surface area contributed by atoms with Crippen LogP contribution in [-0.4, -0.2) is 84.8 Å². The van der Waals surface area contributed by atoms with Crippen LogP contribution in [0.2, 0.25) is 0 Å². The van der Waals surface area contributed by atoms with E-state index in [0.29, 0.717) is 53.5 Å². The Labute approximate surface area is 354 Å². The number of para-hydroxylation sites is 1. The molecule has 0 spiro atoms. The minimum absolute atomic E-state index is 0.0327. The standard InChI is InChI=1S/C46H51N9O6/c47-42-40-41(30-20-22-33(23-21-30)61-32-15-8-7-9-16-32)52-55(43(40)50-29-49-42)31-14-13-27-53(28-31)38(57)19-10-5-3-1-2-4-6-11-26-48-35-18-12-17-34-39(35)46(60)54(45(34)59)36-24-25-37(56)51-44(36)58/h7-9,12,15-18,20-23,29,31,36,48H,1-6,10-11,13-14,19,24-28H2,(H2,47,49,50)(H,51,56,58)/t31-,36?/m1/s1. The second-order valence-corrected chi connectivity index (χ2v) is 16.0. The first-order valence-corrected chi connectivity index (χ1v) is 21.4. The predicted octanol–water partition coefficient (Wildman–Crippen LogP) is 7.06. The Morgan fingerprint density at radius 2 is 1.56 bits per heavy atom. The number of benzene rings is 3. The van der Waals surface area contributed by atoms with Gasteiger partial charge < -0.3 is 20.7 Å². The van der Waals surface area contributed by atoms with Crippen LogP contribution in [0.4, 0.5) is 11.5 Å². The number of nitrogens with zero attached hydrogens (tertiary/aromatic N) is 6. The first kappa shape index (κ1) is 41.1. The average molecular weight is 826 g/mol. The molecule has 5 amide bonds. The molecule has 2 atom stereocenters. The van der Waals surface area contributed by atoms with Gasteiger partial charge in [-0.05, 0) is 80.6 Å². The third-order valence-electron chi connectivity index (χ3n) is 11.8. The Bertz CT molecular complexity index is 2420. The van der Waals surface area contributed by atoms with Gasteiger partial charge in [-0.15, -0.1) is 0 Å². The van der Waals surface area contributed by atoms with Crippen molar-refractivity contribution >= 4 is 52.1 Å². The van der Waals surface area contributed by atoms with Crippen LogP contribution in [0.3, 0.4) is 0 Å². The molecule has 8 rings (SSSR count). The lowest BCUT2D eigenvalue weighted by molar-refractivity contribution is -0.136. The number of nitrogens with one attached hydrogen (secondary N) is 2. The molecule has 3 aromatic carbocycles. The van der Waals surface area contributed by atoms with E-state index in [-0.39, 0.29) is 35.9 Å². The van der Waals surface area contributed by atoms with Crippen molar-refractivity contribution in [3.8, 4) is 22.8 Å². The second-order valence-electron chi connectivity index (χ2n) is 16.0. The number of ether oxygens (including phenoxy) is 1. The van der Waals surface area contributed by atoms with Gasteiger partial charge in [0.2, 0.25) is 17.7 Å². The Kier molecular flexibility index (Phi) is 12.6. The lowest BCUT2D eigenvalue weighted by Crippen LogP contribution is -2.54. The summed E-state index contributed by atoms with van der Waals surface area (Å²) in [6, 6.07) is 21.5. The number of nitrogens with two attached hydrogens (primary N) is 1. The van der Waals surface area contributed by atoms with E-state index in [4.69, 9.17) is 15.6 Å². The van der Waals surface area contributed by atoms with E-state index >= 15 is 0 Å². The molecule has 316 valence electrons. The van der Waals surface area contributed by atoms with Crippen LogP contribution in [0.5, 0.6) is 11.5 Å². The Hall–Kier alpha value is -6.64. The van der Waals surface area contributed by atoms with Gasteiger partial charge in [0.25, 0.3) is 11.8 Å². The molecule has 3 aliphatic heterocycles. The zero-order valence-corrected chi connectivity index (χ0v) is 34.2. The third-order valence-corrected chi connectivity index (χ3v) is 11.8. The smallest absolute Gasteiger partial charge is 0.264 e. The zero-order valence-electron chi connectivity index (χ0n) is 34.2. The van der Waals surface area contributed by atoms with Gasteiger partial charge in [-0.25, -0.2) is 14.6 Å². The Balaban J connectivity index is 0.747. The number of hydrogen-bond acceptors (Lipinski definition) is 11. The Morgan fingerprint density at radius 3 is 2.33 bits per heavy atom. The molecule has 2 saturated heterocycles. The summed E-state index contributed by atoms with van der Waals surface area (Å²) in [7, 11) is 0. The normalized spacial score (nSPS) is 17.8. The summed E-state index contributed by atoms with van der Waals surface area (Å²) in [4.78, 5) is 75.7. The maximum absolute atomic E-state index is 13.4. The van der Waals surface area contributed by atoms with Crippen LogP contribution < -0.4 is 21.1 Å². The van der Waals surface area contributed by atoms with Gasteiger partial charge in [0.1, 0.15) is 35.4 Å². The SMILES string of the molecule is Nc1ncnc2c1c(-c1ccc(Oc3ccccc3)cc1)nn2[C@@H]1CCCN(C(=O)CCCCCCCCCCNc2cccc3c2C(=O)N(C2CCC(=O)NC2=O)C3=O)C1. The number of rotatable bonds is 17. The minimum atomic E-state index is -0.986. The molecule has 15 nitrogen and oxygen atoms in total. The van der Waals surface area contributed by atoms with Crippen molar-refractivity contribution in [3.63, 3.8) is 0 Å². The third kappa shape index (κ3) is 9.10. The van der Waals surface area contributed by atoms with E-state index in [2.05, 4.69) is 20.6 Å². The van der Waals surface area contributed by atoms with Crippen molar-refractivity contribution in [3.05, 3.63) is 90.3 Å². The number of anilines is 2. The predicted molar refractivity (Wildman–Crippen MR) is 230 cm³/mol. The van der Waals surface area contributed by atoms with Gasteiger partial charge in [-0.3, -0.25) is 34.2 Å². The molecule has 5 aromatic rings. The number of imide groups is 2. The molecule has 2 fully saturated rings. The minimum Gasteiger partial charge on any atom is -0.457 e. The number of nitrogen functional groups attached to an aromatic ring is 1. The number of carbonyl (C=O) groups excluding carboxylic acids is 5. The summed E-state index contributed by atoms with van der Waals surface area (Å²) in [5, 5.41) is 11.3. The molecule has 2 aromatic heterocycles. The summed E-state index contributed by atoms with van der Waals surface area (Å²) < 4.78 is 7.92. The highest BCUT2D eigenvalue weighted by atomic mass is 16.5. The quantitative estimate of drug-likeness (QED) is 0.0642. The molecule has 3 aliphatic rings. The number of amides is 5. The zero-order chi connectivity index (χ0) is 42.3. The molecule has 0 saturated carbocycles. The topological polar surface area (TPSA) is 195 Å². The number of hydrogen-bond donors (Lipinski definition) is 3. The highest BCUT2D eigenvalue weighted by molar-refractivity contribution is 6.25. The number of piperidine rings is 2. The maximum Gasteiger partial charge on any atom is 0.264 e. The molecular weight excluding hydrogens is 775 g/mol. The fraction of sp³-hybridized carbons (Fsp3) is 0.391. The van der Waals surface area contributed by atoms with Crippen molar-refractivity contribution in [2.75, 3.05) is 30.7 Å². The van der Waals surface area contributed by atoms with E-state index < -0.39 is 29.7 Å². The summed E-state index contributed by atoms with van der Waals surface area (Å²) in [5.41, 5.74) is 9.78. The number of fused-ring (bicyclic) bond motifs is 2. The van der Waals surface area contributed by atoms with Crippen LogP contribution in [-0.2, 0) is 14.4 Å². The lowest BCUT2D eigenvalue weighted by Gasteiger charge is -2.33. The first-order valence-electron chi connectivity index (χ1n) is 21.4. The van der Waals surface area contributed by atoms with E-state index in [0.717, 1.165) is 87.0 Å². The molecule has 0 aliphatic carbocycles. The van der Waals surface area contributed by atoms with Crippen molar-refractivity contribution < 1.29 is 28.7 Å². The van der Waals surface area contributed by atoms with E-state index in [9.17, 15) is 24.0 Å². The van der Waals surface area contributed by atoms with E-state index in [1.54, 1.807) is 18.2 Å². The van der Waals surface area contributed by atoms with Crippen molar-refractivity contribution in [1.82, 2.24) is 34.9 Å². The second kappa shape index (κ2) is 18.7. The molecule has 5 heterocycles. The fourth-order valence-corrected chi connectivity index (χ4v) is 8.64. The van der Waals surface area contributed by atoms with Crippen LogP contribution in [0.1, 0.15) is 110 Å². The molecular formula is C46H51N9O6. The number of aromatic nitrogens is 4. The van der Waals surface area contributed by atoms with Gasteiger partial charge in [0, 0.05) is 43.7 Å². The lowest BCUT2D eigenvalue weighted by atomic mass is 10.0. The van der Waals surface area contributed by atoms with Crippen LogP contribution in [0.15, 0.2) is 79.1 Å². The maximum atomic E-state index is 13.4. The molecule has 61 heavy (non-hydrogen) atoms. The molecule has 0 radical (unpaired) electrons. The molecule has 1 unspecified atom stereocenters. The Morgan fingerprint density at radius 1 is 0.820 bits per heavy atom. The van der Waals surface area contributed by atoms with Crippen molar-refractivity contribution in [1.29, 1.82) is 0 Å². The van der Waals surface area contributed by atoms with Crippen molar-refractivity contribution in [2.24, 2.45) is 0 Å². The fourth-order valence-electron chi connectivity index (χ4n) is 8.64. The number of carbonyl (C=O) groups is 5. The van der Waals surface area contributed by atoms with Crippen LogP contribution in [0, 0.1) is 0 Å². The van der Waals surface area contributed by atoms with Gasteiger partial charge in [0.05, 0.1) is 22.6 Å². The van der Waals surface area contributed by atoms with Crippen molar-refractivity contribution in [2.45, 2.75) is 95.6 Å². The van der Waals surface area contributed by atoms with Crippen LogP contribution in [0.25, 0.3) is 22.3 Å². The van der Waals surface area contributed by atoms with E-state index in [1.807, 2.05) is 64.2 Å². The van der Waals surface area contributed by atoms with Crippen LogP contribution >= 0.6 is 0 Å². The summed E-state index contributed by atoms with van der Waals surface area (Å²) in [6.07, 6.45) is 12.1. The monoisotopic (exact) mass is 825 g/mol. The number of unbranched alkanes of at least 4 members (excludes halogenated alkanes) is 7. The highest BCUT2D eigenvalue weighted by Gasteiger charge is 2.45. The molecule has 15 heteroatoms. The first-order chi connectivity index (χ1) is 29.8. The van der Waals surface area contributed by atoms with Gasteiger partial charge in [0.15, 0.2) is 5.65 Å². The van der Waals surface area contributed by atoms with Gasteiger partial charge in [-0.1, -0.05) is 62.8 Å². The van der Waals surface area contributed by atoms with E-state index in [1.165, 1.54) is 6.33 Å². The summed E-state index contributed by atoms with van der Waals surface area (Å²) >= 11 is 0. The highest BCUT2D eigenvalue weighted by Crippen LogP contribution is 2.36. The number of likely N-dealkylation sites (tertiary alicyclic amines) is 1. The van der Waals surface area contributed by atoms with Gasteiger partial charge in [-0.2, -0.15) is 5.10 Å². The summed E-state index contributed by atoms with van der Waals surface area (Å²) in [6.45, 7) is 1.95. The largest absolute Gasteiger partial charge is 0.457 e. The summed E-state index contributed by atoms with van der Waals surface area (Å²) in [5.74, 6) is -0.0201. The van der Waals surface area contributed by atoms with Gasteiger partial charge >= 0.3 is 0 Å².